The summed E-state index contributed by atoms with van der Waals surface area (Å²) in [6.07, 6.45) is 39.5. The number of ether oxygens (including phenoxy) is 3. The Labute approximate surface area is 369 Å². The van der Waals surface area contributed by atoms with Gasteiger partial charge >= 0.3 is 11.9 Å². The second kappa shape index (κ2) is 23.5. The molecule has 4 unspecified atom stereocenters. The molecule has 0 amide bonds. The third-order valence-electron chi connectivity index (χ3n) is 18.5. The van der Waals surface area contributed by atoms with E-state index in [-0.39, 0.29) is 36.3 Å². The highest BCUT2D eigenvalue weighted by Crippen LogP contribution is 2.67. The van der Waals surface area contributed by atoms with E-state index in [1.54, 1.807) is 5.57 Å². The first-order valence-corrected chi connectivity index (χ1v) is 26.7. The number of allylic oxidation sites excluding steroid dienone is 1. The average molecular weight is 835 g/mol. The number of carbonyl (C=O) groups is 2. The fourth-order valence-electron chi connectivity index (χ4n) is 14.8. The third kappa shape index (κ3) is 12.9. The quantitative estimate of drug-likeness (QED) is 0.0583. The number of carbonyl (C=O) groups excluding carboxylic acids is 2. The molecule has 8 atom stereocenters. The van der Waals surface area contributed by atoms with Crippen LogP contribution in [0.1, 0.15) is 234 Å². The molecule has 344 valence electrons. The highest BCUT2D eigenvalue weighted by Gasteiger charge is 2.59. The summed E-state index contributed by atoms with van der Waals surface area (Å²) in [5, 5.41) is 0. The summed E-state index contributed by atoms with van der Waals surface area (Å²) in [4.78, 5) is 25.4. The summed E-state index contributed by atoms with van der Waals surface area (Å²) in [5.74, 6) is 7.44. The molecule has 60 heavy (non-hydrogen) atoms. The molecule has 0 aromatic heterocycles. The van der Waals surface area contributed by atoms with Gasteiger partial charge in [-0.25, -0.2) is 0 Å². The zero-order valence-electron chi connectivity index (χ0n) is 40.1. The number of hydrogen-bond acceptors (Lipinski definition) is 5. The SMILES string of the molecule is CCCCCC1CCC(C2CCC(OCCCCCCCOC(=O)CCC(=O)O[C@H]3CC[C@@]4(C)C(=CCC5C4CC[C@@]4(C)C5CC[C@@H]4C(C)CCCC(C)C)C3)CC2)CC1. The van der Waals surface area contributed by atoms with Crippen LogP contribution in [0.3, 0.4) is 0 Å². The smallest absolute Gasteiger partial charge is 0.306 e. The van der Waals surface area contributed by atoms with Crippen LogP contribution >= 0.6 is 0 Å². The van der Waals surface area contributed by atoms with Crippen molar-refractivity contribution in [3.05, 3.63) is 11.6 Å². The Hall–Kier alpha value is -1.36. The van der Waals surface area contributed by atoms with E-state index in [0.29, 0.717) is 18.1 Å². The summed E-state index contributed by atoms with van der Waals surface area (Å²) >= 11 is 0. The van der Waals surface area contributed by atoms with Gasteiger partial charge in [-0.3, -0.25) is 9.59 Å². The molecule has 6 aliphatic carbocycles. The lowest BCUT2D eigenvalue weighted by Crippen LogP contribution is -2.51. The molecule has 5 nitrogen and oxygen atoms in total. The molecule has 0 N–H and O–H groups in total. The monoisotopic (exact) mass is 835 g/mol. The highest BCUT2D eigenvalue weighted by atomic mass is 16.5. The average Bonchev–Trinajstić information content (AvgIpc) is 3.60. The van der Waals surface area contributed by atoms with E-state index < -0.39 is 0 Å². The van der Waals surface area contributed by atoms with Crippen molar-refractivity contribution < 1.29 is 23.8 Å². The van der Waals surface area contributed by atoms with E-state index in [2.05, 4.69) is 47.6 Å². The zero-order valence-corrected chi connectivity index (χ0v) is 40.1. The zero-order chi connectivity index (χ0) is 42.5. The molecule has 6 rings (SSSR count). The summed E-state index contributed by atoms with van der Waals surface area (Å²) in [7, 11) is 0. The standard InChI is InChI=1S/C55H94O5/c1-7-8-12-18-42-19-21-43(22-20-42)44-23-26-46(27-24-44)58-37-13-10-9-11-14-38-59-52(56)31-32-53(57)60-47-33-35-54(5)45(39-47)25-28-48-50-30-29-49(41(4)17-15-16-40(2)3)55(50,6)36-34-51(48)54/h25,40-44,46-51H,7-24,26-39H2,1-6H3/t41?,42?,43?,44?,46?,47-,48?,49+,50?,51?,54-,55+/m0/s1. The second-order valence-corrected chi connectivity index (χ2v) is 22.8. The van der Waals surface area contributed by atoms with Crippen molar-refractivity contribution in [2.45, 2.75) is 246 Å². The van der Waals surface area contributed by atoms with Gasteiger partial charge in [0.05, 0.1) is 25.6 Å². The molecule has 0 aromatic carbocycles. The van der Waals surface area contributed by atoms with Crippen LogP contribution in [0.4, 0.5) is 0 Å². The van der Waals surface area contributed by atoms with E-state index in [1.165, 1.54) is 135 Å². The number of hydrogen-bond donors (Lipinski definition) is 0. The highest BCUT2D eigenvalue weighted by molar-refractivity contribution is 5.77. The predicted octanol–water partition coefficient (Wildman–Crippen LogP) is 15.2. The second-order valence-electron chi connectivity index (χ2n) is 22.8. The van der Waals surface area contributed by atoms with Crippen LogP contribution in [0.2, 0.25) is 0 Å². The Kier molecular flexibility index (Phi) is 18.9. The van der Waals surface area contributed by atoms with Gasteiger partial charge in [-0.1, -0.05) is 130 Å². The Balaban J connectivity index is 0.776. The molecular formula is C55H94O5. The Morgan fingerprint density at radius 2 is 1.38 bits per heavy atom. The number of fused-ring (bicyclic) bond motifs is 5. The van der Waals surface area contributed by atoms with Crippen molar-refractivity contribution in [3.63, 3.8) is 0 Å². The number of esters is 2. The van der Waals surface area contributed by atoms with Crippen molar-refractivity contribution in [3.8, 4) is 0 Å². The molecule has 0 aromatic rings. The predicted molar refractivity (Wildman–Crippen MR) is 247 cm³/mol. The van der Waals surface area contributed by atoms with Crippen molar-refractivity contribution in [1.29, 1.82) is 0 Å². The van der Waals surface area contributed by atoms with Crippen LogP contribution < -0.4 is 0 Å². The van der Waals surface area contributed by atoms with Crippen molar-refractivity contribution in [1.82, 2.24) is 0 Å². The lowest BCUT2D eigenvalue weighted by molar-refractivity contribution is -0.155. The maximum Gasteiger partial charge on any atom is 0.306 e. The first-order valence-electron chi connectivity index (χ1n) is 26.7. The molecule has 6 aliphatic rings. The van der Waals surface area contributed by atoms with E-state index in [0.717, 1.165) is 105 Å². The van der Waals surface area contributed by atoms with Crippen molar-refractivity contribution in [2.24, 2.45) is 64.1 Å². The Morgan fingerprint density at radius 1 is 0.683 bits per heavy atom. The van der Waals surface area contributed by atoms with Crippen molar-refractivity contribution >= 4 is 11.9 Å². The van der Waals surface area contributed by atoms with Crippen molar-refractivity contribution in [2.75, 3.05) is 13.2 Å². The first-order chi connectivity index (χ1) is 29.0. The van der Waals surface area contributed by atoms with Gasteiger partial charge in [-0.2, -0.15) is 0 Å². The lowest BCUT2D eigenvalue weighted by atomic mass is 9.47. The van der Waals surface area contributed by atoms with E-state index in [9.17, 15) is 9.59 Å². The molecule has 5 saturated carbocycles. The van der Waals surface area contributed by atoms with Crippen LogP contribution in [0.5, 0.6) is 0 Å². The van der Waals surface area contributed by atoms with Gasteiger partial charge in [0.15, 0.2) is 0 Å². The summed E-state index contributed by atoms with van der Waals surface area (Å²) in [6.45, 7) is 16.2. The fraction of sp³-hybridized carbons (Fsp3) is 0.927. The third-order valence-corrected chi connectivity index (χ3v) is 18.5. The molecule has 5 heteroatoms. The van der Waals surface area contributed by atoms with Crippen LogP contribution in [0.25, 0.3) is 0 Å². The molecule has 0 saturated heterocycles. The van der Waals surface area contributed by atoms with Gasteiger partial charge in [-0.05, 0) is 160 Å². The van der Waals surface area contributed by atoms with E-state index in [4.69, 9.17) is 14.2 Å². The lowest BCUT2D eigenvalue weighted by Gasteiger charge is -2.58. The normalized spacial score (nSPS) is 35.9. The molecule has 0 spiro atoms. The first kappa shape index (κ1) is 48.1. The summed E-state index contributed by atoms with van der Waals surface area (Å²) in [5.41, 5.74) is 2.31. The number of unbranched alkanes of at least 4 members (excludes halogenated alkanes) is 6. The van der Waals surface area contributed by atoms with E-state index in [1.807, 2.05) is 0 Å². The van der Waals surface area contributed by atoms with Crippen LogP contribution in [-0.4, -0.2) is 37.4 Å². The Morgan fingerprint density at radius 3 is 2.12 bits per heavy atom. The van der Waals surface area contributed by atoms with Gasteiger partial charge in [0.1, 0.15) is 6.10 Å². The van der Waals surface area contributed by atoms with Crippen LogP contribution in [0.15, 0.2) is 11.6 Å². The number of rotatable bonds is 23. The fourth-order valence-corrected chi connectivity index (χ4v) is 14.8. The molecule has 0 heterocycles. The van der Waals surface area contributed by atoms with Gasteiger partial charge in [0.2, 0.25) is 0 Å². The van der Waals surface area contributed by atoms with Crippen LogP contribution in [0, 0.1) is 64.1 Å². The van der Waals surface area contributed by atoms with Gasteiger partial charge < -0.3 is 14.2 Å². The Bertz CT molecular complexity index is 1320. The van der Waals surface area contributed by atoms with E-state index >= 15 is 0 Å². The molecule has 0 radical (unpaired) electrons. The maximum atomic E-state index is 12.9. The molecule has 0 bridgehead atoms. The van der Waals surface area contributed by atoms with Crippen LogP contribution in [-0.2, 0) is 23.8 Å². The summed E-state index contributed by atoms with van der Waals surface area (Å²) in [6, 6.07) is 0. The molecule has 0 aliphatic heterocycles. The largest absolute Gasteiger partial charge is 0.466 e. The minimum absolute atomic E-state index is 0.0548. The summed E-state index contributed by atoms with van der Waals surface area (Å²) < 4.78 is 17.8. The molecule has 5 fully saturated rings. The van der Waals surface area contributed by atoms with Gasteiger partial charge in [-0.15, -0.1) is 0 Å². The van der Waals surface area contributed by atoms with Gasteiger partial charge in [0.25, 0.3) is 0 Å². The minimum Gasteiger partial charge on any atom is -0.466 e. The maximum absolute atomic E-state index is 12.9. The van der Waals surface area contributed by atoms with Gasteiger partial charge in [0, 0.05) is 13.0 Å². The topological polar surface area (TPSA) is 61.8 Å². The molecular weight excluding hydrogens is 741 g/mol. The minimum atomic E-state index is -0.272.